The van der Waals surface area contributed by atoms with E-state index in [1.54, 1.807) is 34.4 Å². The van der Waals surface area contributed by atoms with Crippen molar-refractivity contribution in [1.82, 2.24) is 0 Å². The minimum atomic E-state index is -0.465. The first-order chi connectivity index (χ1) is 9.02. The largest absolute Gasteiger partial charge is 0.376 e. The summed E-state index contributed by atoms with van der Waals surface area (Å²) in [5.74, 6) is -0.424. The van der Waals surface area contributed by atoms with Crippen LogP contribution in [0.4, 0.5) is 15.8 Å². The van der Waals surface area contributed by atoms with Crippen molar-refractivity contribution in [3.05, 3.63) is 31.6 Å². The van der Waals surface area contributed by atoms with Gasteiger partial charge in [-0.15, -0.1) is 0 Å². The van der Waals surface area contributed by atoms with Crippen LogP contribution in [0.5, 0.6) is 0 Å². The van der Waals surface area contributed by atoms with E-state index < -0.39 is 10.7 Å². The average Bonchev–Trinajstić information content (AvgIpc) is 2.80. The van der Waals surface area contributed by atoms with Crippen LogP contribution in [0.1, 0.15) is 19.3 Å². The molecule has 0 saturated heterocycles. The molecule has 7 heteroatoms. The number of hydrogen-bond donors (Lipinski definition) is 1. The molecular weight excluding hydrogens is 382 g/mol. The van der Waals surface area contributed by atoms with Crippen molar-refractivity contribution in [3.63, 3.8) is 0 Å². The average molecular weight is 396 g/mol. The highest BCUT2D eigenvalue weighted by Crippen LogP contribution is 2.34. The second kappa shape index (κ2) is 6.25. The second-order valence-electron chi connectivity index (χ2n) is 4.50. The molecule has 1 saturated carbocycles. The number of hydrogen-bond acceptors (Lipinski definition) is 4. The van der Waals surface area contributed by atoms with Crippen molar-refractivity contribution in [1.29, 1.82) is 0 Å². The van der Waals surface area contributed by atoms with Gasteiger partial charge in [-0.3, -0.25) is 10.1 Å². The zero-order valence-corrected chi connectivity index (χ0v) is 13.3. The number of benzene rings is 1. The van der Waals surface area contributed by atoms with Gasteiger partial charge in [-0.05, 0) is 41.7 Å². The van der Waals surface area contributed by atoms with E-state index in [-0.39, 0.29) is 21.0 Å². The first-order valence-electron chi connectivity index (χ1n) is 5.95. The molecule has 2 rings (SSSR count). The molecule has 4 nitrogen and oxygen atoms in total. The highest BCUT2D eigenvalue weighted by Gasteiger charge is 2.28. The van der Waals surface area contributed by atoms with E-state index in [0.29, 0.717) is 5.25 Å². The number of halogens is 2. The topological polar surface area (TPSA) is 55.2 Å². The fourth-order valence-corrected chi connectivity index (χ4v) is 3.76. The lowest BCUT2D eigenvalue weighted by molar-refractivity contribution is -0.384. The molecular formula is C12H14FIN2O2S. The van der Waals surface area contributed by atoms with Crippen LogP contribution in [0.25, 0.3) is 0 Å². The maximum atomic E-state index is 13.6. The van der Waals surface area contributed by atoms with Crippen molar-refractivity contribution in [2.24, 2.45) is 0 Å². The van der Waals surface area contributed by atoms with Crippen molar-refractivity contribution in [3.8, 4) is 0 Å². The molecule has 1 N–H and O–H groups in total. The molecule has 1 aliphatic rings. The van der Waals surface area contributed by atoms with Crippen LogP contribution in [0.2, 0.25) is 0 Å². The first-order valence-corrected chi connectivity index (χ1v) is 8.32. The zero-order chi connectivity index (χ0) is 14.0. The van der Waals surface area contributed by atoms with Gasteiger partial charge in [-0.25, -0.2) is 4.39 Å². The summed E-state index contributed by atoms with van der Waals surface area (Å²) in [6.07, 6.45) is 5.20. The Morgan fingerprint density at radius 1 is 1.53 bits per heavy atom. The van der Waals surface area contributed by atoms with E-state index in [0.717, 1.165) is 19.3 Å². The van der Waals surface area contributed by atoms with Gasteiger partial charge < -0.3 is 5.32 Å². The Bertz CT molecular complexity index is 501. The van der Waals surface area contributed by atoms with Gasteiger partial charge in [0.1, 0.15) is 11.5 Å². The van der Waals surface area contributed by atoms with Crippen LogP contribution in [0, 0.1) is 19.5 Å². The molecule has 0 spiro atoms. The van der Waals surface area contributed by atoms with Crippen LogP contribution < -0.4 is 5.32 Å². The summed E-state index contributed by atoms with van der Waals surface area (Å²) in [5, 5.41) is 14.6. The van der Waals surface area contributed by atoms with Crippen LogP contribution in [-0.2, 0) is 0 Å². The third kappa shape index (κ3) is 3.31. The van der Waals surface area contributed by atoms with Crippen molar-refractivity contribution < 1.29 is 9.31 Å². The number of nitro benzene ring substituents is 1. The Labute approximate surface area is 128 Å². The molecule has 1 fully saturated rings. The Hall–Kier alpha value is -0.570. The lowest BCUT2D eigenvalue weighted by atomic mass is 10.2. The summed E-state index contributed by atoms with van der Waals surface area (Å²) < 4.78 is 13.9. The molecule has 1 aromatic rings. The van der Waals surface area contributed by atoms with Crippen molar-refractivity contribution in [2.75, 3.05) is 11.6 Å². The smallest absolute Gasteiger partial charge is 0.293 e. The van der Waals surface area contributed by atoms with Crippen molar-refractivity contribution >= 4 is 45.7 Å². The molecule has 1 aliphatic carbocycles. The standard InChI is InChI=1S/C12H14FIN2O2S/c1-19-12-4-2-3-9(12)15-10-5-7(13)8(14)6-11(10)16(17)18/h5-6,9,12,15H,2-4H2,1H3. The van der Waals surface area contributed by atoms with E-state index in [9.17, 15) is 14.5 Å². The van der Waals surface area contributed by atoms with E-state index in [2.05, 4.69) is 5.32 Å². The van der Waals surface area contributed by atoms with Crippen molar-refractivity contribution in [2.45, 2.75) is 30.6 Å². The molecule has 0 aliphatic heterocycles. The molecule has 2 unspecified atom stereocenters. The maximum absolute atomic E-state index is 13.6. The number of nitro groups is 1. The Kier molecular flexibility index (Phi) is 4.88. The number of nitrogens with zero attached hydrogens (tertiary/aromatic N) is 1. The number of rotatable bonds is 4. The van der Waals surface area contributed by atoms with Gasteiger partial charge in [0, 0.05) is 23.4 Å². The third-order valence-corrected chi connectivity index (χ3v) is 5.33. The minimum absolute atomic E-state index is 0.0578. The summed E-state index contributed by atoms with van der Waals surface area (Å²) in [5.41, 5.74) is 0.228. The summed E-state index contributed by atoms with van der Waals surface area (Å²) >= 11 is 3.52. The molecule has 0 bridgehead atoms. The molecule has 0 radical (unpaired) electrons. The van der Waals surface area contributed by atoms with Gasteiger partial charge >= 0.3 is 0 Å². The van der Waals surface area contributed by atoms with Gasteiger partial charge in [0.15, 0.2) is 0 Å². The molecule has 1 aromatic carbocycles. The van der Waals surface area contributed by atoms with Crippen LogP contribution >= 0.6 is 34.4 Å². The second-order valence-corrected chi connectivity index (χ2v) is 6.74. The van der Waals surface area contributed by atoms with Gasteiger partial charge in [0.05, 0.1) is 8.49 Å². The van der Waals surface area contributed by atoms with Crippen LogP contribution in [-0.4, -0.2) is 22.5 Å². The number of nitrogens with one attached hydrogen (secondary N) is 1. The normalized spacial score (nSPS) is 22.5. The lowest BCUT2D eigenvalue weighted by Crippen LogP contribution is -2.26. The summed E-state index contributed by atoms with van der Waals surface area (Å²) in [6, 6.07) is 2.69. The monoisotopic (exact) mass is 396 g/mol. The first kappa shape index (κ1) is 14.8. The summed E-state index contributed by atoms with van der Waals surface area (Å²) in [4.78, 5) is 10.6. The van der Waals surface area contributed by atoms with E-state index >= 15 is 0 Å². The Balaban J connectivity index is 2.28. The SMILES string of the molecule is CSC1CCCC1Nc1cc(F)c(I)cc1[N+](=O)[O-]. The zero-order valence-electron chi connectivity index (χ0n) is 10.4. The van der Waals surface area contributed by atoms with Crippen LogP contribution in [0.15, 0.2) is 12.1 Å². The predicted octanol–water partition coefficient (Wildman–Crippen LogP) is 4.03. The van der Waals surface area contributed by atoms with Crippen LogP contribution in [0.3, 0.4) is 0 Å². The fourth-order valence-electron chi connectivity index (χ4n) is 2.38. The van der Waals surface area contributed by atoms with E-state index in [4.69, 9.17) is 0 Å². The lowest BCUT2D eigenvalue weighted by Gasteiger charge is -2.20. The fraction of sp³-hybridized carbons (Fsp3) is 0.500. The van der Waals surface area contributed by atoms with Gasteiger partial charge in [-0.1, -0.05) is 6.42 Å². The molecule has 19 heavy (non-hydrogen) atoms. The highest BCUT2D eigenvalue weighted by atomic mass is 127. The molecule has 0 aromatic heterocycles. The Morgan fingerprint density at radius 2 is 2.26 bits per heavy atom. The van der Waals surface area contributed by atoms with E-state index in [1.807, 2.05) is 6.26 Å². The van der Waals surface area contributed by atoms with Gasteiger partial charge in [0.2, 0.25) is 0 Å². The molecule has 0 amide bonds. The number of thioether (sulfide) groups is 1. The van der Waals surface area contributed by atoms with Gasteiger partial charge in [0.25, 0.3) is 5.69 Å². The number of anilines is 1. The minimum Gasteiger partial charge on any atom is -0.376 e. The molecule has 104 valence electrons. The highest BCUT2D eigenvalue weighted by molar-refractivity contribution is 14.1. The summed E-state index contributed by atoms with van der Waals surface area (Å²) in [7, 11) is 0. The third-order valence-electron chi connectivity index (χ3n) is 3.33. The molecule has 2 atom stereocenters. The van der Waals surface area contributed by atoms with E-state index in [1.165, 1.54) is 12.1 Å². The Morgan fingerprint density at radius 3 is 2.89 bits per heavy atom. The van der Waals surface area contributed by atoms with Gasteiger partial charge in [-0.2, -0.15) is 11.8 Å². The maximum Gasteiger partial charge on any atom is 0.293 e. The molecule has 0 heterocycles. The predicted molar refractivity (Wildman–Crippen MR) is 84.3 cm³/mol. The quantitative estimate of drug-likeness (QED) is 0.474. The summed E-state index contributed by atoms with van der Waals surface area (Å²) in [6.45, 7) is 0.